The number of hydrogen-bond acceptors (Lipinski definition) is 2. The van der Waals surface area contributed by atoms with Gasteiger partial charge in [-0.1, -0.05) is 29.8 Å². The zero-order valence-electron chi connectivity index (χ0n) is 8.88. The Kier molecular flexibility index (Phi) is 3.72. The number of carbonyl (C=O) groups is 1. The molecule has 0 heterocycles. The second-order valence-corrected chi connectivity index (χ2v) is 4.40. The Balaban J connectivity index is 2.59. The second-order valence-electron chi connectivity index (χ2n) is 4.00. The molecule has 0 aliphatic rings. The minimum Gasteiger partial charge on any atom is -0.350 e. The molecule has 3 nitrogen and oxygen atoms in total. The Hall–Kier alpha value is -1.06. The third-order valence-corrected chi connectivity index (χ3v) is 2.35. The molecule has 1 amide bonds. The molecule has 1 rings (SSSR count). The van der Waals surface area contributed by atoms with Gasteiger partial charge < -0.3 is 11.1 Å². The van der Waals surface area contributed by atoms with E-state index in [-0.39, 0.29) is 5.91 Å². The van der Waals surface area contributed by atoms with Crippen LogP contribution < -0.4 is 11.1 Å². The third kappa shape index (κ3) is 3.53. The lowest BCUT2D eigenvalue weighted by Crippen LogP contribution is -2.48. The first-order valence-corrected chi connectivity index (χ1v) is 5.09. The lowest BCUT2D eigenvalue weighted by Gasteiger charge is -2.17. The zero-order valence-corrected chi connectivity index (χ0v) is 9.64. The molecule has 3 N–H and O–H groups in total. The largest absolute Gasteiger partial charge is 0.350 e. The Morgan fingerprint density at radius 1 is 1.47 bits per heavy atom. The average Bonchev–Trinajstić information content (AvgIpc) is 2.14. The van der Waals surface area contributed by atoms with Crippen molar-refractivity contribution in [1.29, 1.82) is 0 Å². The van der Waals surface area contributed by atoms with Crippen molar-refractivity contribution in [3.05, 3.63) is 34.9 Å². The van der Waals surface area contributed by atoms with Gasteiger partial charge in [0.2, 0.25) is 5.91 Å². The van der Waals surface area contributed by atoms with Gasteiger partial charge in [0.1, 0.15) is 0 Å². The van der Waals surface area contributed by atoms with Crippen LogP contribution >= 0.6 is 11.6 Å². The summed E-state index contributed by atoms with van der Waals surface area (Å²) in [6, 6.07) is 7.38. The highest BCUT2D eigenvalue weighted by Gasteiger charge is 2.21. The standard InChI is InChI=1S/C11H15ClN2O/c1-11(2,13)10(15)14-7-8-5-3-4-6-9(8)12/h3-6H,7,13H2,1-2H3,(H,14,15). The van der Waals surface area contributed by atoms with Crippen LogP contribution in [0.5, 0.6) is 0 Å². The molecule has 1 aromatic carbocycles. The number of carbonyl (C=O) groups excluding carboxylic acids is 1. The SMILES string of the molecule is CC(C)(N)C(=O)NCc1ccccc1Cl. The molecule has 0 radical (unpaired) electrons. The summed E-state index contributed by atoms with van der Waals surface area (Å²) in [5.74, 6) is -0.192. The highest BCUT2D eigenvalue weighted by Crippen LogP contribution is 2.14. The highest BCUT2D eigenvalue weighted by atomic mass is 35.5. The van der Waals surface area contributed by atoms with Crippen LogP contribution in [-0.2, 0) is 11.3 Å². The van der Waals surface area contributed by atoms with Crippen LogP contribution in [0, 0.1) is 0 Å². The topological polar surface area (TPSA) is 55.1 Å². The summed E-state index contributed by atoms with van der Waals surface area (Å²) >= 11 is 5.94. The van der Waals surface area contributed by atoms with Gasteiger partial charge in [0.25, 0.3) is 0 Å². The maximum Gasteiger partial charge on any atom is 0.239 e. The Labute approximate surface area is 94.6 Å². The van der Waals surface area contributed by atoms with Gasteiger partial charge in [-0.05, 0) is 25.5 Å². The quantitative estimate of drug-likeness (QED) is 0.824. The van der Waals surface area contributed by atoms with Gasteiger partial charge in [0.05, 0.1) is 5.54 Å². The van der Waals surface area contributed by atoms with E-state index in [0.717, 1.165) is 5.56 Å². The van der Waals surface area contributed by atoms with E-state index in [4.69, 9.17) is 17.3 Å². The molecular formula is C11H15ClN2O. The third-order valence-electron chi connectivity index (χ3n) is 1.98. The van der Waals surface area contributed by atoms with Gasteiger partial charge in [0, 0.05) is 11.6 Å². The van der Waals surface area contributed by atoms with Gasteiger partial charge in [0.15, 0.2) is 0 Å². The van der Waals surface area contributed by atoms with Crippen molar-refractivity contribution in [3.8, 4) is 0 Å². The van der Waals surface area contributed by atoms with E-state index in [1.54, 1.807) is 19.9 Å². The van der Waals surface area contributed by atoms with Crippen molar-refractivity contribution in [2.45, 2.75) is 25.9 Å². The number of hydrogen-bond donors (Lipinski definition) is 2. The molecule has 0 saturated heterocycles. The van der Waals surface area contributed by atoms with Crippen molar-refractivity contribution < 1.29 is 4.79 Å². The zero-order chi connectivity index (χ0) is 11.5. The van der Waals surface area contributed by atoms with E-state index in [2.05, 4.69) is 5.32 Å². The van der Waals surface area contributed by atoms with Gasteiger partial charge in [-0.2, -0.15) is 0 Å². The van der Waals surface area contributed by atoms with Crippen LogP contribution in [0.4, 0.5) is 0 Å². The minimum atomic E-state index is -0.860. The molecular weight excluding hydrogens is 212 g/mol. The number of benzene rings is 1. The Morgan fingerprint density at radius 3 is 2.60 bits per heavy atom. The molecule has 0 aliphatic carbocycles. The molecule has 0 atom stereocenters. The number of nitrogens with two attached hydrogens (primary N) is 1. The Bertz CT molecular complexity index is 358. The van der Waals surface area contributed by atoms with Gasteiger partial charge in [-0.15, -0.1) is 0 Å². The summed E-state index contributed by atoms with van der Waals surface area (Å²) in [5.41, 5.74) is 5.66. The number of nitrogens with one attached hydrogen (secondary N) is 1. The van der Waals surface area contributed by atoms with E-state index in [1.165, 1.54) is 0 Å². The first-order chi connectivity index (χ1) is 6.91. The summed E-state index contributed by atoms with van der Waals surface area (Å²) in [6.45, 7) is 3.73. The van der Waals surface area contributed by atoms with Crippen molar-refractivity contribution in [1.82, 2.24) is 5.32 Å². The number of amides is 1. The van der Waals surface area contributed by atoms with Crippen LogP contribution in [0.25, 0.3) is 0 Å². The molecule has 0 aromatic heterocycles. The van der Waals surface area contributed by atoms with Crippen molar-refractivity contribution in [2.24, 2.45) is 5.73 Å². The monoisotopic (exact) mass is 226 g/mol. The molecule has 0 aliphatic heterocycles. The van der Waals surface area contributed by atoms with Gasteiger partial charge in [-0.25, -0.2) is 0 Å². The maximum absolute atomic E-state index is 11.5. The number of rotatable bonds is 3. The van der Waals surface area contributed by atoms with Crippen molar-refractivity contribution in [2.75, 3.05) is 0 Å². The van der Waals surface area contributed by atoms with Crippen LogP contribution in [0.1, 0.15) is 19.4 Å². The lowest BCUT2D eigenvalue weighted by atomic mass is 10.1. The molecule has 82 valence electrons. The average molecular weight is 227 g/mol. The smallest absolute Gasteiger partial charge is 0.239 e. The molecule has 0 unspecified atom stereocenters. The summed E-state index contributed by atoms with van der Waals surface area (Å²) in [4.78, 5) is 11.5. The van der Waals surface area contributed by atoms with Gasteiger partial charge >= 0.3 is 0 Å². The van der Waals surface area contributed by atoms with Crippen molar-refractivity contribution in [3.63, 3.8) is 0 Å². The summed E-state index contributed by atoms with van der Waals surface area (Å²) in [7, 11) is 0. The first-order valence-electron chi connectivity index (χ1n) is 4.72. The lowest BCUT2D eigenvalue weighted by molar-refractivity contribution is -0.125. The molecule has 4 heteroatoms. The fourth-order valence-electron chi connectivity index (χ4n) is 1.05. The van der Waals surface area contributed by atoms with Crippen LogP contribution in [0.3, 0.4) is 0 Å². The molecule has 0 bridgehead atoms. The predicted molar refractivity (Wildman–Crippen MR) is 61.6 cm³/mol. The fraction of sp³-hybridized carbons (Fsp3) is 0.364. The maximum atomic E-state index is 11.5. The van der Waals surface area contributed by atoms with E-state index in [0.29, 0.717) is 11.6 Å². The van der Waals surface area contributed by atoms with E-state index in [1.807, 2.05) is 18.2 Å². The fourth-order valence-corrected chi connectivity index (χ4v) is 1.25. The summed E-state index contributed by atoms with van der Waals surface area (Å²) in [5, 5.41) is 3.38. The molecule has 0 fully saturated rings. The summed E-state index contributed by atoms with van der Waals surface area (Å²) in [6.07, 6.45) is 0. The Morgan fingerprint density at radius 2 is 2.07 bits per heavy atom. The molecule has 15 heavy (non-hydrogen) atoms. The molecule has 1 aromatic rings. The van der Waals surface area contributed by atoms with Crippen LogP contribution in [0.15, 0.2) is 24.3 Å². The van der Waals surface area contributed by atoms with Crippen molar-refractivity contribution >= 4 is 17.5 Å². The van der Waals surface area contributed by atoms with Crippen LogP contribution in [-0.4, -0.2) is 11.4 Å². The first kappa shape index (κ1) is 12.0. The van der Waals surface area contributed by atoms with Gasteiger partial charge in [-0.3, -0.25) is 4.79 Å². The highest BCUT2D eigenvalue weighted by molar-refractivity contribution is 6.31. The molecule has 0 spiro atoms. The predicted octanol–water partition coefficient (Wildman–Crippen LogP) is 1.69. The van der Waals surface area contributed by atoms with E-state index in [9.17, 15) is 4.79 Å². The molecule has 0 saturated carbocycles. The van der Waals surface area contributed by atoms with E-state index >= 15 is 0 Å². The summed E-state index contributed by atoms with van der Waals surface area (Å²) < 4.78 is 0. The normalized spacial score (nSPS) is 11.2. The van der Waals surface area contributed by atoms with Crippen LogP contribution in [0.2, 0.25) is 5.02 Å². The minimum absolute atomic E-state index is 0.192. The van der Waals surface area contributed by atoms with E-state index < -0.39 is 5.54 Å². The second kappa shape index (κ2) is 4.64. The number of halogens is 1.